The van der Waals surface area contributed by atoms with Crippen molar-refractivity contribution in [3.8, 4) is 0 Å². The molecule has 5 heteroatoms. The summed E-state index contributed by atoms with van der Waals surface area (Å²) < 4.78 is 0. The van der Waals surface area contributed by atoms with Crippen LogP contribution < -0.4 is 5.69 Å². The minimum absolute atomic E-state index is 0.213. The second-order valence-corrected chi connectivity index (χ2v) is 7.66. The molecule has 5 nitrogen and oxygen atoms in total. The van der Waals surface area contributed by atoms with Crippen LogP contribution in [0.1, 0.15) is 36.5 Å². The third-order valence-electron chi connectivity index (χ3n) is 5.72. The second-order valence-electron chi connectivity index (χ2n) is 7.66. The van der Waals surface area contributed by atoms with Crippen molar-refractivity contribution in [2.24, 2.45) is 5.92 Å². The summed E-state index contributed by atoms with van der Waals surface area (Å²) in [7, 11) is 0. The van der Waals surface area contributed by atoms with E-state index in [0.717, 1.165) is 42.1 Å². The highest BCUT2D eigenvalue weighted by atomic mass is 16.3. The van der Waals surface area contributed by atoms with Crippen molar-refractivity contribution in [3.63, 3.8) is 0 Å². The van der Waals surface area contributed by atoms with Crippen LogP contribution in [0.2, 0.25) is 0 Å². The van der Waals surface area contributed by atoms with Gasteiger partial charge in [0.15, 0.2) is 0 Å². The van der Waals surface area contributed by atoms with Crippen LogP contribution in [0.4, 0.5) is 0 Å². The zero-order valence-corrected chi connectivity index (χ0v) is 15.5. The highest BCUT2D eigenvalue weighted by Gasteiger charge is 2.20. The van der Waals surface area contributed by atoms with E-state index in [2.05, 4.69) is 45.2 Å². The highest BCUT2D eigenvalue weighted by Crippen LogP contribution is 2.24. The van der Waals surface area contributed by atoms with Gasteiger partial charge in [-0.25, -0.2) is 4.79 Å². The van der Waals surface area contributed by atoms with Gasteiger partial charge < -0.3 is 20.0 Å². The van der Waals surface area contributed by atoms with E-state index >= 15 is 0 Å². The molecule has 1 aromatic heterocycles. The van der Waals surface area contributed by atoms with Crippen LogP contribution >= 0.6 is 0 Å². The number of hydrogen-bond acceptors (Lipinski definition) is 3. The molecule has 1 aliphatic heterocycles. The second kappa shape index (κ2) is 8.11. The van der Waals surface area contributed by atoms with Gasteiger partial charge >= 0.3 is 5.69 Å². The number of aliphatic hydroxyl groups is 1. The zero-order chi connectivity index (χ0) is 18.6. The van der Waals surface area contributed by atoms with Crippen molar-refractivity contribution in [2.75, 3.05) is 19.6 Å². The number of aromatic amines is 2. The molecule has 0 aliphatic carbocycles. The molecule has 1 unspecified atom stereocenters. The fraction of sp³-hybridized carbons (Fsp3) is 0.409. The molecule has 3 N–H and O–H groups in total. The molecule has 1 saturated heterocycles. The molecule has 0 bridgehead atoms. The normalized spacial score (nSPS) is 17.4. The van der Waals surface area contributed by atoms with E-state index in [9.17, 15) is 9.90 Å². The Labute approximate surface area is 159 Å². The fourth-order valence-corrected chi connectivity index (χ4v) is 4.09. The number of aromatic nitrogens is 2. The van der Waals surface area contributed by atoms with Crippen molar-refractivity contribution in [3.05, 3.63) is 70.1 Å². The number of likely N-dealkylation sites (tertiary alicyclic amines) is 1. The van der Waals surface area contributed by atoms with E-state index in [-0.39, 0.29) is 5.69 Å². The Balaban J connectivity index is 1.26. The molecule has 0 amide bonds. The van der Waals surface area contributed by atoms with Crippen LogP contribution in [-0.4, -0.2) is 39.6 Å². The average Bonchev–Trinajstić information content (AvgIpc) is 3.07. The Hall–Kier alpha value is -2.37. The van der Waals surface area contributed by atoms with Crippen LogP contribution in [0.15, 0.2) is 53.3 Å². The summed E-state index contributed by atoms with van der Waals surface area (Å²) in [5.74, 6) is 0.765. The summed E-state index contributed by atoms with van der Waals surface area (Å²) in [4.78, 5) is 19.3. The molecular weight excluding hydrogens is 338 g/mol. The number of imidazole rings is 1. The van der Waals surface area contributed by atoms with E-state index in [1.807, 2.05) is 18.2 Å². The van der Waals surface area contributed by atoms with Crippen LogP contribution in [0.5, 0.6) is 0 Å². The van der Waals surface area contributed by atoms with E-state index in [4.69, 9.17) is 0 Å². The lowest BCUT2D eigenvalue weighted by atomic mass is 9.90. The monoisotopic (exact) mass is 365 g/mol. The smallest absolute Gasteiger partial charge is 0.323 e. The Morgan fingerprint density at radius 2 is 1.78 bits per heavy atom. The minimum Gasteiger partial charge on any atom is -0.388 e. The van der Waals surface area contributed by atoms with Gasteiger partial charge in [-0.05, 0) is 68.0 Å². The molecule has 142 valence electrons. The molecular formula is C22H27N3O2. The number of nitrogens with one attached hydrogen (secondary N) is 2. The predicted molar refractivity (Wildman–Crippen MR) is 108 cm³/mol. The summed E-state index contributed by atoms with van der Waals surface area (Å²) in [6.07, 6.45) is 3.83. The maximum atomic E-state index is 11.4. The molecule has 1 aliphatic rings. The Kier molecular flexibility index (Phi) is 5.41. The largest absolute Gasteiger partial charge is 0.388 e. The molecule has 27 heavy (non-hydrogen) atoms. The molecule has 1 fully saturated rings. The van der Waals surface area contributed by atoms with E-state index in [1.165, 1.54) is 24.8 Å². The summed E-state index contributed by atoms with van der Waals surface area (Å²) in [6, 6.07) is 16.4. The van der Waals surface area contributed by atoms with E-state index < -0.39 is 6.10 Å². The minimum atomic E-state index is -0.505. The quantitative estimate of drug-likeness (QED) is 0.628. The van der Waals surface area contributed by atoms with Crippen LogP contribution in [0, 0.1) is 5.92 Å². The maximum absolute atomic E-state index is 11.4. The molecule has 4 rings (SSSR count). The number of nitrogens with zero attached hydrogens (tertiary/aromatic N) is 1. The molecule has 2 aromatic carbocycles. The molecule has 0 radical (unpaired) electrons. The van der Waals surface area contributed by atoms with Gasteiger partial charge in [0.05, 0.1) is 17.1 Å². The number of rotatable bonds is 6. The maximum Gasteiger partial charge on any atom is 0.323 e. The highest BCUT2D eigenvalue weighted by molar-refractivity contribution is 5.75. The lowest BCUT2D eigenvalue weighted by Crippen LogP contribution is -2.35. The van der Waals surface area contributed by atoms with E-state index in [0.29, 0.717) is 6.42 Å². The molecule has 1 atom stereocenters. The molecule has 2 heterocycles. The van der Waals surface area contributed by atoms with Gasteiger partial charge in [-0.1, -0.05) is 36.4 Å². The van der Waals surface area contributed by atoms with Crippen molar-refractivity contribution in [2.45, 2.75) is 31.8 Å². The Bertz CT molecular complexity index is 923. The fourth-order valence-electron chi connectivity index (χ4n) is 4.09. The zero-order valence-electron chi connectivity index (χ0n) is 15.5. The number of hydrogen-bond donors (Lipinski definition) is 3. The van der Waals surface area contributed by atoms with Crippen LogP contribution in [0.3, 0.4) is 0 Å². The summed E-state index contributed by atoms with van der Waals surface area (Å²) in [5.41, 5.74) is 3.60. The first kappa shape index (κ1) is 18.0. The molecule has 0 saturated carbocycles. The molecule has 3 aromatic rings. The van der Waals surface area contributed by atoms with Gasteiger partial charge in [0.25, 0.3) is 0 Å². The Morgan fingerprint density at radius 1 is 1.04 bits per heavy atom. The topological polar surface area (TPSA) is 72.1 Å². The number of benzene rings is 2. The number of H-pyrrole nitrogens is 2. The SMILES string of the molecule is O=c1[nH]c2ccc(C(O)CCN3CCC(Cc4ccccc4)CC3)cc2[nH]1. The average molecular weight is 365 g/mol. The van der Waals surface area contributed by atoms with Crippen LogP contribution in [-0.2, 0) is 6.42 Å². The van der Waals surface area contributed by atoms with Crippen molar-refractivity contribution in [1.29, 1.82) is 0 Å². The Morgan fingerprint density at radius 3 is 2.56 bits per heavy atom. The van der Waals surface area contributed by atoms with Crippen molar-refractivity contribution < 1.29 is 5.11 Å². The third kappa shape index (κ3) is 4.49. The number of aliphatic hydroxyl groups excluding tert-OH is 1. The first-order chi connectivity index (χ1) is 13.2. The first-order valence-corrected chi connectivity index (χ1v) is 9.83. The van der Waals surface area contributed by atoms with E-state index in [1.54, 1.807) is 0 Å². The van der Waals surface area contributed by atoms with Gasteiger partial charge in [0.2, 0.25) is 0 Å². The summed E-state index contributed by atoms with van der Waals surface area (Å²) in [6.45, 7) is 3.11. The van der Waals surface area contributed by atoms with Gasteiger partial charge in [-0.2, -0.15) is 0 Å². The number of piperidine rings is 1. The predicted octanol–water partition coefficient (Wildman–Crippen LogP) is 3.23. The lowest BCUT2D eigenvalue weighted by molar-refractivity contribution is 0.123. The summed E-state index contributed by atoms with van der Waals surface area (Å²) in [5, 5.41) is 10.5. The lowest BCUT2D eigenvalue weighted by Gasteiger charge is -2.32. The third-order valence-corrected chi connectivity index (χ3v) is 5.72. The van der Waals surface area contributed by atoms with Gasteiger partial charge in [0, 0.05) is 6.54 Å². The first-order valence-electron chi connectivity index (χ1n) is 9.83. The van der Waals surface area contributed by atoms with Crippen molar-refractivity contribution in [1.82, 2.24) is 14.9 Å². The standard InChI is InChI=1S/C22H27N3O2/c26-21(18-6-7-19-20(15-18)24-22(27)23-19)10-13-25-11-8-17(9-12-25)14-16-4-2-1-3-5-16/h1-7,15,17,21,26H,8-14H2,(H2,23,24,27). The number of fused-ring (bicyclic) bond motifs is 1. The van der Waals surface area contributed by atoms with Crippen molar-refractivity contribution >= 4 is 11.0 Å². The van der Waals surface area contributed by atoms with Crippen LogP contribution in [0.25, 0.3) is 11.0 Å². The van der Waals surface area contributed by atoms with Gasteiger partial charge in [-0.3, -0.25) is 0 Å². The van der Waals surface area contributed by atoms with Gasteiger partial charge in [-0.15, -0.1) is 0 Å². The summed E-state index contributed by atoms with van der Waals surface area (Å²) >= 11 is 0. The molecule has 0 spiro atoms. The van der Waals surface area contributed by atoms with Gasteiger partial charge in [0.1, 0.15) is 0 Å².